The molecule has 1 amide bonds. The third-order valence-corrected chi connectivity index (χ3v) is 5.50. The topological polar surface area (TPSA) is 119 Å². The maximum absolute atomic E-state index is 12.5. The van der Waals surface area contributed by atoms with Crippen molar-refractivity contribution in [2.75, 3.05) is 32.5 Å². The van der Waals surface area contributed by atoms with E-state index in [1.807, 2.05) is 19.2 Å². The zero-order valence-corrected chi connectivity index (χ0v) is 17.6. The molecule has 1 atom stereocenters. The predicted molar refractivity (Wildman–Crippen MR) is 118 cm³/mol. The molecule has 31 heavy (non-hydrogen) atoms. The Bertz CT molecular complexity index is 1040. The average molecular weight is 422 g/mol. The molecular formula is C22H27N7O2. The molecule has 2 aromatic heterocycles. The van der Waals surface area contributed by atoms with Gasteiger partial charge in [-0.05, 0) is 45.0 Å². The molecular weight excluding hydrogens is 394 g/mol. The number of ether oxygens (including phenoxy) is 1. The zero-order chi connectivity index (χ0) is 21.6. The van der Waals surface area contributed by atoms with Gasteiger partial charge in [-0.3, -0.25) is 14.7 Å². The second-order valence-corrected chi connectivity index (χ2v) is 7.72. The summed E-state index contributed by atoms with van der Waals surface area (Å²) in [4.78, 5) is 31.6. The summed E-state index contributed by atoms with van der Waals surface area (Å²) in [7, 11) is 2.01. The van der Waals surface area contributed by atoms with E-state index in [-0.39, 0.29) is 11.9 Å². The number of aromatic nitrogens is 4. The number of hydrogen-bond donors (Lipinski definition) is 2. The van der Waals surface area contributed by atoms with Gasteiger partial charge in [-0.2, -0.15) is 0 Å². The van der Waals surface area contributed by atoms with Gasteiger partial charge in [-0.15, -0.1) is 0 Å². The summed E-state index contributed by atoms with van der Waals surface area (Å²) >= 11 is 0. The van der Waals surface area contributed by atoms with Gasteiger partial charge in [-0.1, -0.05) is 6.42 Å². The summed E-state index contributed by atoms with van der Waals surface area (Å²) in [6.07, 6.45) is 10.3. The summed E-state index contributed by atoms with van der Waals surface area (Å²) in [5.41, 5.74) is 8.79. The first-order chi connectivity index (χ1) is 15.1. The van der Waals surface area contributed by atoms with Crippen LogP contribution in [0.4, 0.5) is 5.82 Å². The van der Waals surface area contributed by atoms with Gasteiger partial charge in [0.05, 0.1) is 24.4 Å². The summed E-state index contributed by atoms with van der Waals surface area (Å²) in [5, 5.41) is 3.03. The highest BCUT2D eigenvalue weighted by atomic mass is 16.5. The smallest absolute Gasteiger partial charge is 0.237 e. The molecule has 3 aromatic rings. The van der Waals surface area contributed by atoms with Gasteiger partial charge in [0.1, 0.15) is 17.7 Å². The number of likely N-dealkylation sites (tertiary alicyclic amines) is 1. The van der Waals surface area contributed by atoms with E-state index in [2.05, 4.69) is 30.2 Å². The maximum Gasteiger partial charge on any atom is 0.237 e. The Morgan fingerprint density at radius 1 is 1.26 bits per heavy atom. The normalized spacial score (nSPS) is 16.9. The average Bonchev–Trinajstić information content (AvgIpc) is 2.79. The number of carbonyl (C=O) groups excluding carboxylic acids is 1. The molecule has 3 heterocycles. The highest BCUT2D eigenvalue weighted by molar-refractivity contribution is 5.90. The molecule has 9 nitrogen and oxygen atoms in total. The van der Waals surface area contributed by atoms with Crippen LogP contribution in [0.25, 0.3) is 22.2 Å². The van der Waals surface area contributed by atoms with E-state index >= 15 is 0 Å². The quantitative estimate of drug-likeness (QED) is 0.556. The highest BCUT2D eigenvalue weighted by Crippen LogP contribution is 2.35. The Hall–Kier alpha value is -3.33. The lowest BCUT2D eigenvalue weighted by molar-refractivity contribution is -0.127. The molecule has 0 aliphatic carbocycles. The van der Waals surface area contributed by atoms with Crippen LogP contribution in [0.5, 0.6) is 5.75 Å². The number of carbonyl (C=O) groups is 1. The first kappa shape index (κ1) is 20.9. The number of amides is 1. The molecule has 1 fully saturated rings. The minimum absolute atomic E-state index is 0.0318. The van der Waals surface area contributed by atoms with Crippen molar-refractivity contribution in [1.82, 2.24) is 30.2 Å². The van der Waals surface area contributed by atoms with Crippen molar-refractivity contribution < 1.29 is 9.53 Å². The number of nitrogen functional groups attached to an aromatic ring is 1. The molecule has 1 aliphatic rings. The van der Waals surface area contributed by atoms with Gasteiger partial charge in [0.15, 0.2) is 5.75 Å². The van der Waals surface area contributed by atoms with Gasteiger partial charge < -0.3 is 15.8 Å². The van der Waals surface area contributed by atoms with Crippen molar-refractivity contribution in [3.63, 3.8) is 0 Å². The standard InChI is InChI=1S/C22H27N7O2/c1-29-9-3-2-5-18(29)22(30)26-8-4-10-31-21-16(15-11-24-14-25-12-15)6-7-17-20(21)28-19(23)13-27-17/h6-7,11-14,18H,2-5,8-10H2,1H3,(H2,23,28)(H,26,30). The molecule has 162 valence electrons. The summed E-state index contributed by atoms with van der Waals surface area (Å²) in [6, 6.07) is 3.76. The molecule has 1 aliphatic heterocycles. The van der Waals surface area contributed by atoms with Crippen LogP contribution in [-0.2, 0) is 4.79 Å². The van der Waals surface area contributed by atoms with Crippen molar-refractivity contribution in [2.45, 2.75) is 31.7 Å². The van der Waals surface area contributed by atoms with E-state index in [9.17, 15) is 4.79 Å². The molecule has 0 radical (unpaired) electrons. The van der Waals surface area contributed by atoms with Crippen molar-refractivity contribution in [3.8, 4) is 16.9 Å². The second-order valence-electron chi connectivity index (χ2n) is 7.72. The molecule has 0 spiro atoms. The number of nitrogens with zero attached hydrogens (tertiary/aromatic N) is 5. The zero-order valence-electron chi connectivity index (χ0n) is 17.6. The number of piperidine rings is 1. The number of hydrogen-bond acceptors (Lipinski definition) is 8. The Morgan fingerprint density at radius 2 is 2.10 bits per heavy atom. The SMILES string of the molecule is CN1CCCCC1C(=O)NCCCOc1c(-c2cncnc2)ccc2ncc(N)nc12. The Balaban J connectivity index is 1.44. The Morgan fingerprint density at radius 3 is 2.90 bits per heavy atom. The van der Waals surface area contributed by atoms with Crippen molar-refractivity contribution in [3.05, 3.63) is 37.1 Å². The van der Waals surface area contributed by atoms with Gasteiger partial charge >= 0.3 is 0 Å². The van der Waals surface area contributed by atoms with E-state index in [4.69, 9.17) is 10.5 Å². The Kier molecular flexibility index (Phi) is 6.51. The first-order valence-corrected chi connectivity index (χ1v) is 10.5. The van der Waals surface area contributed by atoms with Crippen LogP contribution >= 0.6 is 0 Å². The fourth-order valence-electron chi connectivity index (χ4n) is 3.86. The summed E-state index contributed by atoms with van der Waals surface area (Å²) in [6.45, 7) is 1.93. The number of anilines is 1. The van der Waals surface area contributed by atoms with E-state index in [0.29, 0.717) is 42.2 Å². The van der Waals surface area contributed by atoms with Crippen LogP contribution in [0.1, 0.15) is 25.7 Å². The minimum atomic E-state index is -0.0318. The lowest BCUT2D eigenvalue weighted by Gasteiger charge is -2.31. The summed E-state index contributed by atoms with van der Waals surface area (Å²) in [5.74, 6) is 1.00. The predicted octanol–water partition coefficient (Wildman–Crippen LogP) is 2.04. The third kappa shape index (κ3) is 4.88. The molecule has 0 saturated carbocycles. The van der Waals surface area contributed by atoms with Crippen LogP contribution in [0.3, 0.4) is 0 Å². The first-order valence-electron chi connectivity index (χ1n) is 10.5. The van der Waals surface area contributed by atoms with Crippen LogP contribution in [0.2, 0.25) is 0 Å². The van der Waals surface area contributed by atoms with Crippen LogP contribution < -0.4 is 15.8 Å². The number of likely N-dealkylation sites (N-methyl/N-ethyl adjacent to an activating group) is 1. The van der Waals surface area contributed by atoms with E-state index in [0.717, 1.165) is 36.9 Å². The molecule has 1 saturated heterocycles. The van der Waals surface area contributed by atoms with Crippen molar-refractivity contribution >= 4 is 22.8 Å². The van der Waals surface area contributed by atoms with E-state index in [1.54, 1.807) is 12.4 Å². The number of rotatable bonds is 7. The molecule has 0 bridgehead atoms. The molecule has 1 aromatic carbocycles. The van der Waals surface area contributed by atoms with E-state index in [1.165, 1.54) is 12.5 Å². The fourth-order valence-corrected chi connectivity index (χ4v) is 3.86. The van der Waals surface area contributed by atoms with Gasteiger partial charge in [0.25, 0.3) is 0 Å². The van der Waals surface area contributed by atoms with Gasteiger partial charge in [0, 0.05) is 30.1 Å². The van der Waals surface area contributed by atoms with Crippen LogP contribution in [-0.4, -0.2) is 63.5 Å². The Labute approximate surface area is 181 Å². The van der Waals surface area contributed by atoms with Crippen LogP contribution in [0.15, 0.2) is 37.1 Å². The van der Waals surface area contributed by atoms with Crippen molar-refractivity contribution in [1.29, 1.82) is 0 Å². The largest absolute Gasteiger partial charge is 0.491 e. The lowest BCUT2D eigenvalue weighted by Crippen LogP contribution is -2.47. The lowest BCUT2D eigenvalue weighted by atomic mass is 10.0. The maximum atomic E-state index is 12.5. The molecule has 1 unspecified atom stereocenters. The fraction of sp³-hybridized carbons (Fsp3) is 0.409. The van der Waals surface area contributed by atoms with Crippen molar-refractivity contribution in [2.24, 2.45) is 0 Å². The monoisotopic (exact) mass is 421 g/mol. The molecule has 9 heteroatoms. The van der Waals surface area contributed by atoms with Gasteiger partial charge in [0.2, 0.25) is 5.91 Å². The van der Waals surface area contributed by atoms with Crippen LogP contribution in [0, 0.1) is 0 Å². The van der Waals surface area contributed by atoms with Gasteiger partial charge in [-0.25, -0.2) is 15.0 Å². The molecule has 3 N–H and O–H groups in total. The number of nitrogens with two attached hydrogens (primary N) is 1. The highest BCUT2D eigenvalue weighted by Gasteiger charge is 2.25. The second kappa shape index (κ2) is 9.65. The minimum Gasteiger partial charge on any atom is -0.491 e. The van der Waals surface area contributed by atoms with E-state index < -0.39 is 0 Å². The summed E-state index contributed by atoms with van der Waals surface area (Å²) < 4.78 is 6.13. The third-order valence-electron chi connectivity index (χ3n) is 5.50. The number of benzene rings is 1. The molecule has 4 rings (SSSR count). The number of fused-ring (bicyclic) bond motifs is 1. The number of nitrogens with one attached hydrogen (secondary N) is 1.